The maximum Gasteiger partial charge on any atom is 0.257 e. The first kappa shape index (κ1) is 14.1. The van der Waals surface area contributed by atoms with E-state index in [1.54, 1.807) is 6.92 Å². The molecule has 0 unspecified atom stereocenters. The largest absolute Gasteiger partial charge is 0.380 e. The van der Waals surface area contributed by atoms with Crippen LogP contribution in [0.5, 0.6) is 0 Å². The number of aromatic amines is 1. The van der Waals surface area contributed by atoms with E-state index in [9.17, 15) is 8.42 Å². The maximum absolute atomic E-state index is 11.7. The highest BCUT2D eigenvalue weighted by molar-refractivity contribution is 7.89. The number of nitrogens with two attached hydrogens (primary N) is 1. The van der Waals surface area contributed by atoms with Gasteiger partial charge in [-0.25, -0.2) is 18.1 Å². The van der Waals surface area contributed by atoms with Crippen LogP contribution in [0.1, 0.15) is 12.2 Å². The molecular formula is C9H18N4O3S. The second-order valence-corrected chi connectivity index (χ2v) is 5.22. The van der Waals surface area contributed by atoms with Crippen LogP contribution in [0.25, 0.3) is 0 Å². The predicted octanol–water partition coefficient (Wildman–Crippen LogP) is -0.638. The molecule has 0 fully saturated rings. The van der Waals surface area contributed by atoms with Crippen molar-refractivity contribution in [3.63, 3.8) is 0 Å². The van der Waals surface area contributed by atoms with Crippen LogP contribution in [-0.4, -0.2) is 44.7 Å². The Labute approximate surface area is 101 Å². The molecule has 1 heterocycles. The first-order chi connectivity index (χ1) is 8.06. The molecule has 0 aliphatic rings. The number of rotatable bonds is 8. The Morgan fingerprint density at radius 2 is 2.29 bits per heavy atom. The Balaban J connectivity index is 2.31. The van der Waals surface area contributed by atoms with Gasteiger partial charge in [0.25, 0.3) is 10.0 Å². The summed E-state index contributed by atoms with van der Waals surface area (Å²) in [4.78, 5) is 6.51. The normalized spacial score (nSPS) is 11.9. The van der Waals surface area contributed by atoms with Gasteiger partial charge in [-0.3, -0.25) is 0 Å². The minimum atomic E-state index is -3.48. The van der Waals surface area contributed by atoms with Crippen LogP contribution in [0.3, 0.4) is 0 Å². The summed E-state index contributed by atoms with van der Waals surface area (Å²) in [5, 5.41) is 0.0814. The Morgan fingerprint density at radius 1 is 1.53 bits per heavy atom. The number of ether oxygens (including phenoxy) is 1. The van der Waals surface area contributed by atoms with Gasteiger partial charge in [-0.05, 0) is 13.3 Å². The van der Waals surface area contributed by atoms with Crippen LogP contribution in [0.4, 0.5) is 0 Å². The van der Waals surface area contributed by atoms with Crippen molar-refractivity contribution in [2.45, 2.75) is 18.4 Å². The molecule has 0 aliphatic carbocycles. The molecule has 8 heteroatoms. The molecule has 0 bridgehead atoms. The maximum atomic E-state index is 11.7. The molecule has 7 nitrogen and oxygen atoms in total. The molecule has 4 N–H and O–H groups in total. The zero-order valence-corrected chi connectivity index (χ0v) is 10.6. The van der Waals surface area contributed by atoms with E-state index in [1.165, 1.54) is 6.20 Å². The fourth-order valence-electron chi connectivity index (χ4n) is 1.18. The van der Waals surface area contributed by atoms with Crippen LogP contribution in [0.15, 0.2) is 11.2 Å². The molecule has 1 rings (SSSR count). The van der Waals surface area contributed by atoms with Crippen LogP contribution >= 0.6 is 0 Å². The van der Waals surface area contributed by atoms with Gasteiger partial charge in [-0.1, -0.05) is 0 Å². The molecule has 0 aromatic carbocycles. The monoisotopic (exact) mass is 262 g/mol. The highest BCUT2D eigenvalue weighted by Gasteiger charge is 2.15. The van der Waals surface area contributed by atoms with Gasteiger partial charge in [0.1, 0.15) is 5.82 Å². The number of sulfonamides is 1. The van der Waals surface area contributed by atoms with E-state index in [4.69, 9.17) is 10.5 Å². The van der Waals surface area contributed by atoms with Crippen LogP contribution < -0.4 is 10.5 Å². The molecule has 0 saturated heterocycles. The van der Waals surface area contributed by atoms with E-state index >= 15 is 0 Å². The predicted molar refractivity (Wildman–Crippen MR) is 63.0 cm³/mol. The first-order valence-corrected chi connectivity index (χ1v) is 6.83. The average Bonchev–Trinajstić information content (AvgIpc) is 2.71. The number of H-pyrrole nitrogens is 1. The quantitative estimate of drug-likeness (QED) is 0.540. The molecule has 98 valence electrons. The van der Waals surface area contributed by atoms with Crippen LogP contribution in [0, 0.1) is 6.92 Å². The SMILES string of the molecule is Cc1ncc(S(=O)(=O)NCCCOCCN)[nH]1. The van der Waals surface area contributed by atoms with Crippen molar-refractivity contribution in [1.82, 2.24) is 14.7 Å². The lowest BCUT2D eigenvalue weighted by Crippen LogP contribution is -2.26. The summed E-state index contributed by atoms with van der Waals surface area (Å²) >= 11 is 0. The molecule has 0 spiro atoms. The summed E-state index contributed by atoms with van der Waals surface area (Å²) in [5.74, 6) is 0.566. The fraction of sp³-hybridized carbons (Fsp3) is 0.667. The van der Waals surface area contributed by atoms with E-state index in [0.717, 1.165) is 0 Å². The minimum Gasteiger partial charge on any atom is -0.380 e. The Hall–Kier alpha value is -0.960. The number of imidazole rings is 1. The minimum absolute atomic E-state index is 0.0814. The summed E-state index contributed by atoms with van der Waals surface area (Å²) in [6.45, 7) is 3.47. The van der Waals surface area contributed by atoms with Crippen molar-refractivity contribution in [3.8, 4) is 0 Å². The number of hydrogen-bond donors (Lipinski definition) is 3. The van der Waals surface area contributed by atoms with Gasteiger partial charge < -0.3 is 15.5 Å². The van der Waals surface area contributed by atoms with Crippen LogP contribution in [0.2, 0.25) is 0 Å². The molecule has 0 atom stereocenters. The van der Waals surface area contributed by atoms with E-state index in [-0.39, 0.29) is 5.03 Å². The van der Waals surface area contributed by atoms with Gasteiger partial charge in [0, 0.05) is 19.7 Å². The molecule has 17 heavy (non-hydrogen) atoms. The summed E-state index contributed by atoms with van der Waals surface area (Å²) in [7, 11) is -3.48. The van der Waals surface area contributed by atoms with Gasteiger partial charge in [-0.15, -0.1) is 0 Å². The highest BCUT2D eigenvalue weighted by atomic mass is 32.2. The number of aryl methyl sites for hydroxylation is 1. The zero-order chi connectivity index (χ0) is 12.7. The van der Waals surface area contributed by atoms with Crippen molar-refractivity contribution in [3.05, 3.63) is 12.0 Å². The topological polar surface area (TPSA) is 110 Å². The van der Waals surface area contributed by atoms with Crippen molar-refractivity contribution < 1.29 is 13.2 Å². The number of nitrogens with zero attached hydrogens (tertiary/aromatic N) is 1. The van der Waals surface area contributed by atoms with E-state index in [1.807, 2.05) is 0 Å². The Bertz CT molecular complexity index is 429. The number of hydrogen-bond acceptors (Lipinski definition) is 5. The van der Waals surface area contributed by atoms with Gasteiger partial charge in [0.2, 0.25) is 0 Å². The third-order valence-electron chi connectivity index (χ3n) is 1.99. The van der Waals surface area contributed by atoms with Crippen molar-refractivity contribution in [2.75, 3.05) is 26.3 Å². The molecular weight excluding hydrogens is 244 g/mol. The van der Waals surface area contributed by atoms with Crippen molar-refractivity contribution in [2.24, 2.45) is 5.73 Å². The molecule has 0 saturated carbocycles. The Kier molecular flexibility index (Phi) is 5.56. The van der Waals surface area contributed by atoms with Gasteiger partial charge in [0.15, 0.2) is 5.03 Å². The fourth-order valence-corrected chi connectivity index (χ4v) is 2.22. The standard InChI is InChI=1S/C9H18N4O3S/c1-8-11-7-9(13-8)17(14,15)12-4-2-5-16-6-3-10/h7,12H,2-6,10H2,1H3,(H,11,13). The van der Waals surface area contributed by atoms with Gasteiger partial charge in [0.05, 0.1) is 12.8 Å². The second-order valence-electron chi connectivity index (χ2n) is 3.49. The number of nitrogens with one attached hydrogen (secondary N) is 2. The molecule has 0 amide bonds. The van der Waals surface area contributed by atoms with Gasteiger partial charge >= 0.3 is 0 Å². The lowest BCUT2D eigenvalue weighted by molar-refractivity contribution is 0.140. The highest BCUT2D eigenvalue weighted by Crippen LogP contribution is 2.04. The third kappa shape index (κ3) is 4.82. The van der Waals surface area contributed by atoms with E-state index < -0.39 is 10.0 Å². The summed E-state index contributed by atoms with van der Waals surface area (Å²) in [5.41, 5.74) is 5.24. The van der Waals surface area contributed by atoms with Crippen molar-refractivity contribution in [1.29, 1.82) is 0 Å². The molecule has 0 radical (unpaired) electrons. The molecule has 1 aromatic heterocycles. The number of aromatic nitrogens is 2. The lowest BCUT2D eigenvalue weighted by atomic mass is 10.5. The van der Waals surface area contributed by atoms with E-state index in [0.29, 0.717) is 38.5 Å². The molecule has 0 aliphatic heterocycles. The van der Waals surface area contributed by atoms with Crippen LogP contribution in [-0.2, 0) is 14.8 Å². The summed E-state index contributed by atoms with van der Waals surface area (Å²) in [6, 6.07) is 0. The van der Waals surface area contributed by atoms with Gasteiger partial charge in [-0.2, -0.15) is 0 Å². The molecule has 1 aromatic rings. The third-order valence-corrected chi connectivity index (χ3v) is 3.36. The van der Waals surface area contributed by atoms with Crippen molar-refractivity contribution >= 4 is 10.0 Å². The second kappa shape index (κ2) is 6.70. The Morgan fingerprint density at radius 3 is 2.88 bits per heavy atom. The first-order valence-electron chi connectivity index (χ1n) is 5.35. The summed E-state index contributed by atoms with van der Waals surface area (Å²) in [6.07, 6.45) is 1.90. The smallest absolute Gasteiger partial charge is 0.257 e. The van der Waals surface area contributed by atoms with E-state index in [2.05, 4.69) is 14.7 Å². The zero-order valence-electron chi connectivity index (χ0n) is 9.77. The lowest BCUT2D eigenvalue weighted by Gasteiger charge is -2.05. The average molecular weight is 262 g/mol. The summed E-state index contributed by atoms with van der Waals surface area (Å²) < 4.78 is 31.0.